The fraction of sp³-hybridized carbons (Fsp3) is 0.364. The van der Waals surface area contributed by atoms with Crippen LogP contribution in [0.5, 0.6) is 5.75 Å². The molecule has 80 valence electrons. The van der Waals surface area contributed by atoms with Crippen molar-refractivity contribution >= 4 is 21.9 Å². The molecule has 0 saturated heterocycles. The lowest BCUT2D eigenvalue weighted by Gasteiger charge is -2.09. The van der Waals surface area contributed by atoms with Gasteiger partial charge in [-0.25, -0.2) is 0 Å². The van der Waals surface area contributed by atoms with Gasteiger partial charge in [-0.2, -0.15) is 0 Å². The summed E-state index contributed by atoms with van der Waals surface area (Å²) in [5, 5.41) is 8.76. The number of aliphatic carboxylic acids is 1. The lowest BCUT2D eigenvalue weighted by molar-refractivity contribution is -0.136. The highest BCUT2D eigenvalue weighted by atomic mass is 79.9. The normalized spacial score (nSPS) is 15.0. The minimum atomic E-state index is -0.839. The van der Waals surface area contributed by atoms with Crippen LogP contribution in [0.25, 0.3) is 0 Å². The van der Waals surface area contributed by atoms with E-state index in [1.807, 2.05) is 12.1 Å². The van der Waals surface area contributed by atoms with E-state index in [0.29, 0.717) is 11.9 Å². The summed E-state index contributed by atoms with van der Waals surface area (Å²) in [4.78, 5) is 10.7. The van der Waals surface area contributed by atoms with E-state index in [1.165, 1.54) is 0 Å². The van der Waals surface area contributed by atoms with Crippen LogP contribution in [-0.2, 0) is 11.2 Å². The van der Waals surface area contributed by atoms with Gasteiger partial charge in [0.2, 0.25) is 0 Å². The summed E-state index contributed by atoms with van der Waals surface area (Å²) in [7, 11) is 0. The van der Waals surface area contributed by atoms with Gasteiger partial charge in [-0.1, -0.05) is 15.9 Å². The van der Waals surface area contributed by atoms with Gasteiger partial charge in [0.25, 0.3) is 0 Å². The topological polar surface area (TPSA) is 46.5 Å². The molecule has 0 heterocycles. The molecule has 3 nitrogen and oxygen atoms in total. The second-order valence-electron chi connectivity index (χ2n) is 3.64. The SMILES string of the molecule is O=C(O)Cc1cc(Br)ccc1OC1CC1. The highest BCUT2D eigenvalue weighted by Gasteiger charge is 2.24. The highest BCUT2D eigenvalue weighted by Crippen LogP contribution is 2.31. The predicted octanol–water partition coefficient (Wildman–Crippen LogP) is 2.62. The lowest BCUT2D eigenvalue weighted by Crippen LogP contribution is -2.05. The van der Waals surface area contributed by atoms with Gasteiger partial charge in [0, 0.05) is 10.0 Å². The summed E-state index contributed by atoms with van der Waals surface area (Å²) in [6.07, 6.45) is 2.44. The number of carbonyl (C=O) groups is 1. The molecule has 0 bridgehead atoms. The van der Waals surface area contributed by atoms with E-state index in [4.69, 9.17) is 9.84 Å². The van der Waals surface area contributed by atoms with E-state index in [0.717, 1.165) is 22.9 Å². The third-order valence-corrected chi connectivity index (χ3v) is 2.68. The summed E-state index contributed by atoms with van der Waals surface area (Å²) in [5.74, 6) is -0.142. The van der Waals surface area contributed by atoms with Gasteiger partial charge in [0.05, 0.1) is 12.5 Å². The molecule has 1 N–H and O–H groups in total. The number of benzene rings is 1. The van der Waals surface area contributed by atoms with E-state index in [2.05, 4.69) is 15.9 Å². The fourth-order valence-corrected chi connectivity index (χ4v) is 1.74. The van der Waals surface area contributed by atoms with E-state index in [9.17, 15) is 4.79 Å². The van der Waals surface area contributed by atoms with Gasteiger partial charge >= 0.3 is 5.97 Å². The Morgan fingerprint density at radius 2 is 2.27 bits per heavy atom. The number of halogens is 1. The van der Waals surface area contributed by atoms with E-state index < -0.39 is 5.97 Å². The second kappa shape index (κ2) is 4.23. The van der Waals surface area contributed by atoms with Crippen molar-refractivity contribution in [1.82, 2.24) is 0 Å². The third kappa shape index (κ3) is 2.96. The van der Waals surface area contributed by atoms with Crippen LogP contribution in [0, 0.1) is 0 Å². The van der Waals surface area contributed by atoms with Crippen LogP contribution < -0.4 is 4.74 Å². The Morgan fingerprint density at radius 3 is 2.87 bits per heavy atom. The molecular formula is C11H11BrO3. The van der Waals surface area contributed by atoms with Gasteiger partial charge in [-0.15, -0.1) is 0 Å². The van der Waals surface area contributed by atoms with Crippen molar-refractivity contribution in [3.63, 3.8) is 0 Å². The van der Waals surface area contributed by atoms with Crippen LogP contribution in [0.4, 0.5) is 0 Å². The molecule has 1 aromatic carbocycles. The van der Waals surface area contributed by atoms with Gasteiger partial charge in [0.1, 0.15) is 5.75 Å². The Labute approximate surface area is 96.2 Å². The lowest BCUT2D eigenvalue weighted by atomic mass is 10.1. The van der Waals surface area contributed by atoms with Crippen molar-refractivity contribution in [2.24, 2.45) is 0 Å². The van der Waals surface area contributed by atoms with Crippen molar-refractivity contribution < 1.29 is 14.6 Å². The van der Waals surface area contributed by atoms with Gasteiger partial charge < -0.3 is 9.84 Å². The Kier molecular flexibility index (Phi) is 2.95. The molecule has 0 amide bonds. The first kappa shape index (κ1) is 10.5. The predicted molar refractivity (Wildman–Crippen MR) is 59.1 cm³/mol. The van der Waals surface area contributed by atoms with Crippen molar-refractivity contribution in [2.45, 2.75) is 25.4 Å². The molecule has 1 aliphatic rings. The molecule has 0 radical (unpaired) electrons. The Bertz CT molecular complexity index is 385. The summed E-state index contributed by atoms with van der Waals surface area (Å²) >= 11 is 3.32. The average Bonchev–Trinajstić information content (AvgIpc) is 2.92. The number of hydrogen-bond donors (Lipinski definition) is 1. The average molecular weight is 271 g/mol. The Hall–Kier alpha value is -1.03. The van der Waals surface area contributed by atoms with Crippen LogP contribution in [0.15, 0.2) is 22.7 Å². The smallest absolute Gasteiger partial charge is 0.307 e. The summed E-state index contributed by atoms with van der Waals surface area (Å²) in [6.45, 7) is 0. The largest absolute Gasteiger partial charge is 0.490 e. The quantitative estimate of drug-likeness (QED) is 0.915. The number of ether oxygens (including phenoxy) is 1. The minimum Gasteiger partial charge on any atom is -0.490 e. The summed E-state index contributed by atoms with van der Waals surface area (Å²) in [5.41, 5.74) is 0.726. The molecule has 0 spiro atoms. The Morgan fingerprint density at radius 1 is 1.53 bits per heavy atom. The first-order chi connectivity index (χ1) is 7.15. The molecule has 4 heteroatoms. The van der Waals surface area contributed by atoms with E-state index in [1.54, 1.807) is 6.07 Å². The van der Waals surface area contributed by atoms with Gasteiger partial charge in [-0.05, 0) is 31.0 Å². The molecule has 1 saturated carbocycles. The maximum absolute atomic E-state index is 10.7. The van der Waals surface area contributed by atoms with Crippen LogP contribution in [0.1, 0.15) is 18.4 Å². The van der Waals surface area contributed by atoms with Crippen LogP contribution in [0.3, 0.4) is 0 Å². The zero-order chi connectivity index (χ0) is 10.8. The molecule has 2 rings (SSSR count). The zero-order valence-electron chi connectivity index (χ0n) is 8.07. The summed E-state index contributed by atoms with van der Waals surface area (Å²) < 4.78 is 6.50. The van der Waals surface area contributed by atoms with Crippen molar-refractivity contribution in [2.75, 3.05) is 0 Å². The van der Waals surface area contributed by atoms with Crippen molar-refractivity contribution in [3.8, 4) is 5.75 Å². The number of carboxylic acid groups (broad SMARTS) is 1. The molecule has 1 aromatic rings. The summed E-state index contributed by atoms with van der Waals surface area (Å²) in [6, 6.07) is 5.48. The third-order valence-electron chi connectivity index (χ3n) is 2.18. The Balaban J connectivity index is 2.21. The first-order valence-electron chi connectivity index (χ1n) is 4.82. The number of carboxylic acids is 1. The molecule has 1 fully saturated rings. The van der Waals surface area contributed by atoms with Crippen molar-refractivity contribution in [3.05, 3.63) is 28.2 Å². The molecule has 0 atom stereocenters. The van der Waals surface area contributed by atoms with Gasteiger partial charge in [0.15, 0.2) is 0 Å². The van der Waals surface area contributed by atoms with E-state index in [-0.39, 0.29) is 6.42 Å². The monoisotopic (exact) mass is 270 g/mol. The second-order valence-corrected chi connectivity index (χ2v) is 4.56. The molecule has 15 heavy (non-hydrogen) atoms. The van der Waals surface area contributed by atoms with Crippen LogP contribution in [-0.4, -0.2) is 17.2 Å². The maximum atomic E-state index is 10.7. The number of rotatable bonds is 4. The number of hydrogen-bond acceptors (Lipinski definition) is 2. The molecule has 0 aliphatic heterocycles. The van der Waals surface area contributed by atoms with E-state index >= 15 is 0 Å². The molecule has 1 aliphatic carbocycles. The minimum absolute atomic E-state index is 0.00148. The van der Waals surface area contributed by atoms with Gasteiger partial charge in [-0.3, -0.25) is 4.79 Å². The zero-order valence-corrected chi connectivity index (χ0v) is 9.66. The first-order valence-corrected chi connectivity index (χ1v) is 5.61. The molecule has 0 unspecified atom stereocenters. The highest BCUT2D eigenvalue weighted by molar-refractivity contribution is 9.10. The van der Waals surface area contributed by atoms with Crippen molar-refractivity contribution in [1.29, 1.82) is 0 Å². The maximum Gasteiger partial charge on any atom is 0.307 e. The standard InChI is InChI=1S/C11H11BrO3/c12-8-1-4-10(15-9-2-3-9)7(5-8)6-11(13)14/h1,4-5,9H,2-3,6H2,(H,13,14). The molecule has 0 aromatic heterocycles. The van der Waals surface area contributed by atoms with Crippen LogP contribution >= 0.6 is 15.9 Å². The van der Waals surface area contributed by atoms with Crippen LogP contribution in [0.2, 0.25) is 0 Å². The fourth-order valence-electron chi connectivity index (χ4n) is 1.33. The molecular weight excluding hydrogens is 260 g/mol.